The molecule has 0 aliphatic heterocycles. The highest BCUT2D eigenvalue weighted by molar-refractivity contribution is 5.95. The Morgan fingerprint density at radius 2 is 1.73 bits per heavy atom. The van der Waals surface area contributed by atoms with Gasteiger partial charge < -0.3 is 9.47 Å². The van der Waals surface area contributed by atoms with Crippen molar-refractivity contribution in [2.75, 3.05) is 7.11 Å². The number of carbonyl (C=O) groups excluding carboxylic acids is 3. The smallest absolute Gasteiger partial charge is 0.311 e. The van der Waals surface area contributed by atoms with Gasteiger partial charge in [-0.1, -0.05) is 30.3 Å². The van der Waals surface area contributed by atoms with Gasteiger partial charge in [-0.05, 0) is 36.8 Å². The van der Waals surface area contributed by atoms with Crippen molar-refractivity contribution in [2.45, 2.75) is 19.4 Å². The summed E-state index contributed by atoms with van der Waals surface area (Å²) in [5.41, 5.74) is 5.61. The number of nitrogens with one attached hydrogen (secondary N) is 2. The van der Waals surface area contributed by atoms with Crippen molar-refractivity contribution in [1.82, 2.24) is 10.9 Å². The number of hydrogen-bond donors (Lipinski definition) is 2. The molecule has 0 radical (unpaired) electrons. The van der Waals surface area contributed by atoms with Crippen molar-refractivity contribution in [1.29, 1.82) is 0 Å². The van der Waals surface area contributed by atoms with E-state index in [-0.39, 0.29) is 6.42 Å². The number of hydrogen-bond acceptors (Lipinski definition) is 5. The molecule has 26 heavy (non-hydrogen) atoms. The summed E-state index contributed by atoms with van der Waals surface area (Å²) in [6.07, 6.45) is -1.05. The molecule has 0 saturated carbocycles. The molecule has 7 heteroatoms. The third kappa shape index (κ3) is 5.62. The maximum Gasteiger partial charge on any atom is 0.311 e. The van der Waals surface area contributed by atoms with Gasteiger partial charge in [0.25, 0.3) is 11.8 Å². The third-order valence-electron chi connectivity index (χ3n) is 3.50. The Bertz CT molecular complexity index is 777. The third-order valence-corrected chi connectivity index (χ3v) is 3.50. The van der Waals surface area contributed by atoms with Crippen molar-refractivity contribution >= 4 is 17.8 Å². The van der Waals surface area contributed by atoms with E-state index in [1.165, 1.54) is 14.0 Å². The summed E-state index contributed by atoms with van der Waals surface area (Å²) in [6.45, 7) is 1.42. The zero-order chi connectivity index (χ0) is 18.9. The molecular weight excluding hydrogens is 336 g/mol. The Balaban J connectivity index is 1.80. The number of hydrazine groups is 1. The molecule has 0 aromatic heterocycles. The molecular formula is C19H20N2O5. The van der Waals surface area contributed by atoms with E-state index in [1.807, 2.05) is 0 Å². The Morgan fingerprint density at radius 3 is 2.42 bits per heavy atom. The zero-order valence-electron chi connectivity index (χ0n) is 14.5. The van der Waals surface area contributed by atoms with Crippen LogP contribution in [0.4, 0.5) is 0 Å². The fourth-order valence-electron chi connectivity index (χ4n) is 2.12. The van der Waals surface area contributed by atoms with Crippen molar-refractivity contribution < 1.29 is 23.9 Å². The lowest BCUT2D eigenvalue weighted by Gasteiger charge is -2.14. The molecule has 7 nitrogen and oxygen atoms in total. The number of amides is 2. The van der Waals surface area contributed by atoms with Crippen molar-refractivity contribution in [3.8, 4) is 5.75 Å². The molecule has 0 unspecified atom stereocenters. The minimum absolute atomic E-state index is 0.00515. The van der Waals surface area contributed by atoms with Crippen LogP contribution in [0.25, 0.3) is 0 Å². The maximum absolute atomic E-state index is 12.0. The lowest BCUT2D eigenvalue weighted by atomic mass is 10.1. The first kappa shape index (κ1) is 19.0. The van der Waals surface area contributed by atoms with Gasteiger partial charge >= 0.3 is 5.97 Å². The monoisotopic (exact) mass is 356 g/mol. The predicted octanol–water partition coefficient (Wildman–Crippen LogP) is 1.63. The predicted molar refractivity (Wildman–Crippen MR) is 94.3 cm³/mol. The van der Waals surface area contributed by atoms with Crippen molar-refractivity contribution in [2.24, 2.45) is 0 Å². The largest absolute Gasteiger partial charge is 0.497 e. The fraction of sp³-hybridized carbons (Fsp3) is 0.211. The van der Waals surface area contributed by atoms with Crippen LogP contribution in [0.5, 0.6) is 5.75 Å². The van der Waals surface area contributed by atoms with Crippen molar-refractivity contribution in [3.05, 3.63) is 65.7 Å². The second-order valence-corrected chi connectivity index (χ2v) is 5.47. The summed E-state index contributed by atoms with van der Waals surface area (Å²) >= 11 is 0. The quantitative estimate of drug-likeness (QED) is 0.606. The number of benzene rings is 2. The van der Waals surface area contributed by atoms with Gasteiger partial charge in [-0.25, -0.2) is 0 Å². The standard InChI is InChI=1S/C19H20N2O5/c1-13(18(23)20-21-19(24)15-8-4-3-5-9-15)26-17(22)12-14-7-6-10-16(11-14)25-2/h3-11,13H,12H2,1-2H3,(H,20,23)(H,21,24)/t13-/m1/s1. The molecule has 0 fully saturated rings. The van der Waals surface area contributed by atoms with Crippen LogP contribution in [0.1, 0.15) is 22.8 Å². The summed E-state index contributed by atoms with van der Waals surface area (Å²) in [4.78, 5) is 35.8. The summed E-state index contributed by atoms with van der Waals surface area (Å²) in [7, 11) is 1.54. The van der Waals surface area contributed by atoms with E-state index >= 15 is 0 Å². The first-order valence-electron chi connectivity index (χ1n) is 7.97. The minimum Gasteiger partial charge on any atom is -0.497 e. The Morgan fingerprint density at radius 1 is 1.00 bits per heavy atom. The molecule has 0 spiro atoms. The molecule has 0 aliphatic carbocycles. The average molecular weight is 356 g/mol. The molecule has 0 bridgehead atoms. The van der Waals surface area contributed by atoms with Crippen LogP contribution in [0, 0.1) is 0 Å². The van der Waals surface area contributed by atoms with Crippen LogP contribution in [-0.4, -0.2) is 31.0 Å². The Kier molecular flexibility index (Phi) is 6.73. The zero-order valence-corrected chi connectivity index (χ0v) is 14.5. The van der Waals surface area contributed by atoms with Gasteiger partial charge in [-0.3, -0.25) is 25.2 Å². The van der Waals surface area contributed by atoms with E-state index in [9.17, 15) is 14.4 Å². The summed E-state index contributed by atoms with van der Waals surface area (Å²) in [6, 6.07) is 15.4. The van der Waals surface area contributed by atoms with Crippen LogP contribution in [0.15, 0.2) is 54.6 Å². The van der Waals surface area contributed by atoms with Crippen LogP contribution in [0.3, 0.4) is 0 Å². The van der Waals surface area contributed by atoms with E-state index in [2.05, 4.69) is 10.9 Å². The van der Waals surface area contributed by atoms with E-state index in [4.69, 9.17) is 9.47 Å². The average Bonchev–Trinajstić information content (AvgIpc) is 2.66. The number of ether oxygens (including phenoxy) is 2. The number of rotatable bonds is 6. The molecule has 2 aromatic rings. The Labute approximate surface area is 151 Å². The first-order valence-corrected chi connectivity index (χ1v) is 7.97. The van der Waals surface area contributed by atoms with E-state index in [1.54, 1.807) is 54.6 Å². The fourth-order valence-corrected chi connectivity index (χ4v) is 2.12. The molecule has 0 aliphatic rings. The Hall–Kier alpha value is -3.35. The minimum atomic E-state index is -1.05. The molecule has 2 aromatic carbocycles. The molecule has 2 N–H and O–H groups in total. The molecule has 136 valence electrons. The van der Waals surface area contributed by atoms with Gasteiger partial charge in [0.15, 0.2) is 6.10 Å². The van der Waals surface area contributed by atoms with E-state index in [0.717, 1.165) is 0 Å². The molecule has 0 heterocycles. The lowest BCUT2D eigenvalue weighted by Crippen LogP contribution is -2.46. The molecule has 0 saturated heterocycles. The number of carbonyl (C=O) groups is 3. The van der Waals surface area contributed by atoms with Crippen LogP contribution >= 0.6 is 0 Å². The highest BCUT2D eigenvalue weighted by Gasteiger charge is 2.19. The summed E-state index contributed by atoms with van der Waals surface area (Å²) in [5, 5.41) is 0. The topological polar surface area (TPSA) is 93.7 Å². The highest BCUT2D eigenvalue weighted by Crippen LogP contribution is 2.13. The SMILES string of the molecule is COc1cccc(CC(=O)O[C@H](C)C(=O)NNC(=O)c2ccccc2)c1. The maximum atomic E-state index is 12.0. The van der Waals surface area contributed by atoms with Crippen LogP contribution in [-0.2, 0) is 20.7 Å². The highest BCUT2D eigenvalue weighted by atomic mass is 16.5. The van der Waals surface area contributed by atoms with Gasteiger partial charge in [0.1, 0.15) is 5.75 Å². The van der Waals surface area contributed by atoms with Gasteiger partial charge in [0.05, 0.1) is 13.5 Å². The number of esters is 1. The van der Waals surface area contributed by atoms with Gasteiger partial charge in [0.2, 0.25) is 0 Å². The molecule has 2 amide bonds. The normalized spacial score (nSPS) is 11.2. The van der Waals surface area contributed by atoms with Gasteiger partial charge in [-0.2, -0.15) is 0 Å². The second kappa shape index (κ2) is 9.22. The van der Waals surface area contributed by atoms with Crippen molar-refractivity contribution in [3.63, 3.8) is 0 Å². The first-order chi connectivity index (χ1) is 12.5. The van der Waals surface area contributed by atoms with E-state index in [0.29, 0.717) is 16.9 Å². The summed E-state index contributed by atoms with van der Waals surface area (Å²) < 4.78 is 10.2. The lowest BCUT2D eigenvalue weighted by molar-refractivity contribution is -0.154. The van der Waals surface area contributed by atoms with Crippen LogP contribution in [0.2, 0.25) is 0 Å². The van der Waals surface area contributed by atoms with E-state index < -0.39 is 23.9 Å². The van der Waals surface area contributed by atoms with Crippen LogP contribution < -0.4 is 15.6 Å². The second-order valence-electron chi connectivity index (χ2n) is 5.47. The van der Waals surface area contributed by atoms with Gasteiger partial charge in [0, 0.05) is 5.56 Å². The summed E-state index contributed by atoms with van der Waals surface area (Å²) in [5.74, 6) is -1.03. The molecule has 2 rings (SSSR count). The molecule has 1 atom stereocenters. The number of methoxy groups -OCH3 is 1. The van der Waals surface area contributed by atoms with Gasteiger partial charge in [-0.15, -0.1) is 0 Å².